The molecular formula is C20H20Br2O4. The molecule has 2 aromatic carbocycles. The third kappa shape index (κ3) is 6.25. The first-order valence-corrected chi connectivity index (χ1v) is 9.79. The Labute approximate surface area is 169 Å². The van der Waals surface area contributed by atoms with Gasteiger partial charge in [0, 0.05) is 11.1 Å². The lowest BCUT2D eigenvalue weighted by Gasteiger charge is -2.08. The number of aromatic hydroxyl groups is 1. The van der Waals surface area contributed by atoms with Gasteiger partial charge in [-0.3, -0.25) is 9.59 Å². The Morgan fingerprint density at radius 3 is 2.04 bits per heavy atom. The van der Waals surface area contributed by atoms with E-state index in [2.05, 4.69) is 31.9 Å². The van der Waals surface area contributed by atoms with Crippen molar-refractivity contribution in [3.05, 3.63) is 56.5 Å². The molecule has 0 spiro atoms. The molecule has 1 aliphatic carbocycles. The van der Waals surface area contributed by atoms with Crippen LogP contribution in [-0.4, -0.2) is 23.3 Å². The number of hydrogen-bond acceptors (Lipinski definition) is 4. The van der Waals surface area contributed by atoms with Gasteiger partial charge in [0.1, 0.15) is 11.5 Å². The van der Waals surface area contributed by atoms with Crippen molar-refractivity contribution < 1.29 is 19.4 Å². The van der Waals surface area contributed by atoms with Crippen molar-refractivity contribution in [2.75, 3.05) is 6.61 Å². The lowest BCUT2D eigenvalue weighted by molar-refractivity contribution is 0.100. The second-order valence-electron chi connectivity index (χ2n) is 6.18. The number of ether oxygens (including phenoxy) is 1. The predicted molar refractivity (Wildman–Crippen MR) is 108 cm³/mol. The molecular weight excluding hydrogens is 464 g/mol. The van der Waals surface area contributed by atoms with E-state index in [1.807, 2.05) is 6.07 Å². The molecule has 0 heterocycles. The largest absolute Gasteiger partial charge is 0.507 e. The molecule has 0 unspecified atom stereocenters. The number of benzene rings is 2. The Hall–Kier alpha value is -1.66. The number of rotatable bonds is 5. The Morgan fingerprint density at radius 2 is 1.54 bits per heavy atom. The van der Waals surface area contributed by atoms with Crippen LogP contribution in [0.2, 0.25) is 0 Å². The number of carbonyl (C=O) groups excluding carboxylic acids is 2. The van der Waals surface area contributed by atoms with Crippen molar-refractivity contribution in [3.63, 3.8) is 0 Å². The smallest absolute Gasteiger partial charge is 0.159 e. The molecule has 0 saturated heterocycles. The molecule has 0 amide bonds. The van der Waals surface area contributed by atoms with Crippen LogP contribution in [0.3, 0.4) is 0 Å². The molecule has 0 aliphatic heterocycles. The van der Waals surface area contributed by atoms with Gasteiger partial charge in [-0.05, 0) is 88.7 Å². The SMILES string of the molecule is CC(=O)c1ccc(Br)c(O)c1.CC(=O)c1ccc(Br)c(OCC2CC2)c1. The van der Waals surface area contributed by atoms with Crippen molar-refractivity contribution >= 4 is 43.4 Å². The van der Waals surface area contributed by atoms with E-state index >= 15 is 0 Å². The van der Waals surface area contributed by atoms with Gasteiger partial charge in [-0.25, -0.2) is 0 Å². The van der Waals surface area contributed by atoms with E-state index < -0.39 is 0 Å². The number of carbonyl (C=O) groups is 2. The third-order valence-corrected chi connectivity index (χ3v) is 5.19. The van der Waals surface area contributed by atoms with Crippen molar-refractivity contribution in [1.82, 2.24) is 0 Å². The molecule has 2 aromatic rings. The van der Waals surface area contributed by atoms with E-state index in [0.717, 1.165) is 22.7 Å². The monoisotopic (exact) mass is 482 g/mol. The summed E-state index contributed by atoms with van der Waals surface area (Å²) >= 11 is 6.53. The van der Waals surface area contributed by atoms with Crippen LogP contribution in [0, 0.1) is 5.92 Å². The van der Waals surface area contributed by atoms with Gasteiger partial charge in [-0.15, -0.1) is 0 Å². The molecule has 3 rings (SSSR count). The molecule has 0 atom stereocenters. The average Bonchev–Trinajstić information content (AvgIpc) is 3.41. The van der Waals surface area contributed by atoms with Crippen LogP contribution in [-0.2, 0) is 0 Å². The van der Waals surface area contributed by atoms with Crippen molar-refractivity contribution in [2.24, 2.45) is 5.92 Å². The van der Waals surface area contributed by atoms with E-state index in [1.54, 1.807) is 31.2 Å². The van der Waals surface area contributed by atoms with Gasteiger partial charge in [0.05, 0.1) is 15.6 Å². The fourth-order valence-corrected chi connectivity index (χ4v) is 2.66. The number of hydrogen-bond donors (Lipinski definition) is 1. The second kappa shape index (κ2) is 9.33. The van der Waals surface area contributed by atoms with Gasteiger partial charge >= 0.3 is 0 Å². The maximum absolute atomic E-state index is 11.2. The lowest BCUT2D eigenvalue weighted by atomic mass is 10.1. The number of ketones is 2. The van der Waals surface area contributed by atoms with Crippen molar-refractivity contribution in [2.45, 2.75) is 26.7 Å². The highest BCUT2D eigenvalue weighted by atomic mass is 79.9. The summed E-state index contributed by atoms with van der Waals surface area (Å²) in [6.07, 6.45) is 2.54. The quantitative estimate of drug-likeness (QED) is 0.546. The standard InChI is InChI=1S/C12H13BrO2.C8H7BrO2/c1-8(14)10-4-5-11(13)12(6-10)15-7-9-2-3-9;1-5(10)6-2-3-7(9)8(11)4-6/h4-6,9H,2-3,7H2,1H3;2-4,11H,1H3. The highest BCUT2D eigenvalue weighted by Gasteiger charge is 2.22. The maximum Gasteiger partial charge on any atom is 0.159 e. The Morgan fingerprint density at radius 1 is 1.00 bits per heavy atom. The van der Waals surface area contributed by atoms with Crippen molar-refractivity contribution in [1.29, 1.82) is 0 Å². The Bertz CT molecular complexity index is 813. The summed E-state index contributed by atoms with van der Waals surface area (Å²) in [6, 6.07) is 10.2. The minimum absolute atomic E-state index is 0.0483. The van der Waals surface area contributed by atoms with Gasteiger partial charge < -0.3 is 9.84 Å². The second-order valence-corrected chi connectivity index (χ2v) is 7.89. The van der Waals surface area contributed by atoms with E-state index in [0.29, 0.717) is 15.6 Å². The first-order valence-electron chi connectivity index (χ1n) is 8.20. The van der Waals surface area contributed by atoms with Gasteiger partial charge in [0.15, 0.2) is 11.6 Å². The molecule has 6 heteroatoms. The van der Waals surface area contributed by atoms with Crippen LogP contribution >= 0.6 is 31.9 Å². The molecule has 0 aromatic heterocycles. The molecule has 0 bridgehead atoms. The molecule has 1 aliphatic rings. The van der Waals surface area contributed by atoms with Crippen LogP contribution in [0.1, 0.15) is 47.4 Å². The van der Waals surface area contributed by atoms with Gasteiger partial charge in [0.2, 0.25) is 0 Å². The van der Waals surface area contributed by atoms with Crippen LogP contribution in [0.5, 0.6) is 11.5 Å². The fourth-order valence-electron chi connectivity index (χ4n) is 2.06. The van der Waals surface area contributed by atoms with Crippen LogP contribution in [0.15, 0.2) is 45.3 Å². The summed E-state index contributed by atoms with van der Waals surface area (Å²) in [7, 11) is 0. The summed E-state index contributed by atoms with van der Waals surface area (Å²) in [6.45, 7) is 3.79. The van der Waals surface area contributed by atoms with E-state index in [1.165, 1.54) is 25.8 Å². The van der Waals surface area contributed by atoms with E-state index in [4.69, 9.17) is 9.84 Å². The minimum atomic E-state index is -0.0483. The summed E-state index contributed by atoms with van der Waals surface area (Å²) in [5.74, 6) is 1.61. The lowest BCUT2D eigenvalue weighted by Crippen LogP contribution is -2.01. The predicted octanol–water partition coefficient (Wildman–Crippen LogP) is 5.80. The zero-order valence-corrected chi connectivity index (χ0v) is 17.8. The van der Waals surface area contributed by atoms with E-state index in [-0.39, 0.29) is 17.3 Å². The van der Waals surface area contributed by atoms with Gasteiger partial charge in [-0.1, -0.05) is 12.1 Å². The maximum atomic E-state index is 11.2. The Balaban J connectivity index is 0.000000197. The summed E-state index contributed by atoms with van der Waals surface area (Å²) in [5, 5.41) is 9.15. The normalized spacial score (nSPS) is 12.8. The summed E-state index contributed by atoms with van der Waals surface area (Å²) in [4.78, 5) is 22.0. The van der Waals surface area contributed by atoms with E-state index in [9.17, 15) is 9.59 Å². The molecule has 1 fully saturated rings. The first-order chi connectivity index (χ1) is 12.3. The third-order valence-electron chi connectivity index (χ3n) is 3.86. The molecule has 138 valence electrons. The number of phenols is 1. The first kappa shape index (κ1) is 20.6. The minimum Gasteiger partial charge on any atom is -0.507 e. The topological polar surface area (TPSA) is 63.6 Å². The molecule has 1 saturated carbocycles. The molecule has 4 nitrogen and oxygen atoms in total. The van der Waals surface area contributed by atoms with Crippen LogP contribution < -0.4 is 4.74 Å². The molecule has 0 radical (unpaired) electrons. The van der Waals surface area contributed by atoms with Crippen LogP contribution in [0.25, 0.3) is 0 Å². The zero-order chi connectivity index (χ0) is 19.3. The summed E-state index contributed by atoms with van der Waals surface area (Å²) in [5.41, 5.74) is 1.22. The molecule has 1 N–H and O–H groups in total. The van der Waals surface area contributed by atoms with Crippen LogP contribution in [0.4, 0.5) is 0 Å². The average molecular weight is 484 g/mol. The zero-order valence-electron chi connectivity index (χ0n) is 14.6. The number of Topliss-reactive ketones (excluding diaryl/α,β-unsaturated/α-hetero) is 2. The summed E-state index contributed by atoms with van der Waals surface area (Å²) < 4.78 is 7.16. The molecule has 26 heavy (non-hydrogen) atoms. The number of halogens is 2. The van der Waals surface area contributed by atoms with Gasteiger partial charge in [0.25, 0.3) is 0 Å². The number of phenolic OH excluding ortho intramolecular Hbond substituents is 1. The highest BCUT2D eigenvalue weighted by molar-refractivity contribution is 9.10. The Kier molecular flexibility index (Phi) is 7.41. The fraction of sp³-hybridized carbons (Fsp3) is 0.300. The highest BCUT2D eigenvalue weighted by Crippen LogP contribution is 2.32. The van der Waals surface area contributed by atoms with Crippen molar-refractivity contribution in [3.8, 4) is 11.5 Å². The van der Waals surface area contributed by atoms with Gasteiger partial charge in [-0.2, -0.15) is 0 Å².